The third-order valence-electron chi connectivity index (χ3n) is 2.35. The van der Waals surface area contributed by atoms with Crippen molar-refractivity contribution in [3.05, 3.63) is 34.1 Å². The van der Waals surface area contributed by atoms with Gasteiger partial charge in [0.15, 0.2) is 0 Å². The Hall–Kier alpha value is -0.890. The number of nitrogens with one attached hydrogen (secondary N) is 1. The lowest BCUT2D eigenvalue weighted by atomic mass is 10.0. The summed E-state index contributed by atoms with van der Waals surface area (Å²) in [5, 5.41) is 0. The number of nitrogens with two attached hydrogens (primary N) is 1. The molecule has 1 rings (SSSR count). The van der Waals surface area contributed by atoms with Gasteiger partial charge in [-0.05, 0) is 31.0 Å². The minimum absolute atomic E-state index is 0.203. The Balaban J connectivity index is 2.78. The number of halogens is 2. The van der Waals surface area contributed by atoms with Crippen LogP contribution in [0.15, 0.2) is 22.7 Å². The van der Waals surface area contributed by atoms with Crippen LogP contribution in [0, 0.1) is 18.2 Å². The van der Waals surface area contributed by atoms with Crippen molar-refractivity contribution in [1.29, 1.82) is 0 Å². The fourth-order valence-electron chi connectivity index (χ4n) is 1.52. The van der Waals surface area contributed by atoms with Crippen LogP contribution < -0.4 is 11.3 Å². The molecule has 0 saturated heterocycles. The summed E-state index contributed by atoms with van der Waals surface area (Å²) in [6.07, 6.45) is 7.37. The fourth-order valence-corrected chi connectivity index (χ4v) is 1.90. The minimum atomic E-state index is -0.258. The lowest BCUT2D eigenvalue weighted by molar-refractivity contribution is 0.475. The maximum absolute atomic E-state index is 13.6. The zero-order chi connectivity index (χ0) is 12.0. The Labute approximate surface area is 104 Å². The van der Waals surface area contributed by atoms with E-state index in [9.17, 15) is 4.39 Å². The molecule has 0 aliphatic heterocycles. The van der Waals surface area contributed by atoms with E-state index >= 15 is 0 Å². The molecule has 1 unspecified atom stereocenters. The summed E-state index contributed by atoms with van der Waals surface area (Å²) in [6.45, 7) is 0. The number of benzene rings is 1. The second-order valence-electron chi connectivity index (χ2n) is 3.48. The van der Waals surface area contributed by atoms with Gasteiger partial charge in [-0.3, -0.25) is 11.3 Å². The van der Waals surface area contributed by atoms with Gasteiger partial charge < -0.3 is 0 Å². The van der Waals surface area contributed by atoms with Crippen molar-refractivity contribution in [2.45, 2.75) is 25.3 Å². The molecule has 0 spiro atoms. The van der Waals surface area contributed by atoms with Crippen molar-refractivity contribution in [3.8, 4) is 12.3 Å². The minimum Gasteiger partial charge on any atom is -0.271 e. The topological polar surface area (TPSA) is 38.0 Å². The summed E-state index contributed by atoms with van der Waals surface area (Å²) in [7, 11) is 0. The Kier molecular flexibility index (Phi) is 5.47. The van der Waals surface area contributed by atoms with Gasteiger partial charge in [0.2, 0.25) is 0 Å². The van der Waals surface area contributed by atoms with E-state index in [1.807, 2.05) is 0 Å². The normalized spacial score (nSPS) is 12.1. The van der Waals surface area contributed by atoms with Crippen molar-refractivity contribution in [2.24, 2.45) is 5.84 Å². The zero-order valence-corrected chi connectivity index (χ0v) is 10.4. The highest BCUT2D eigenvalue weighted by Crippen LogP contribution is 2.24. The molecule has 1 aromatic rings. The number of hydrazine groups is 1. The first-order chi connectivity index (χ1) is 7.69. The summed E-state index contributed by atoms with van der Waals surface area (Å²) >= 11 is 3.31. The Morgan fingerprint density at radius 3 is 2.94 bits per heavy atom. The number of terminal acetylenes is 1. The summed E-state index contributed by atoms with van der Waals surface area (Å²) in [5.41, 5.74) is 3.18. The van der Waals surface area contributed by atoms with Gasteiger partial charge in [-0.1, -0.05) is 15.9 Å². The Bertz CT molecular complexity index is 387. The number of hydrogen-bond acceptors (Lipinski definition) is 2. The van der Waals surface area contributed by atoms with E-state index in [2.05, 4.69) is 27.3 Å². The first-order valence-corrected chi connectivity index (χ1v) is 5.83. The van der Waals surface area contributed by atoms with Crippen molar-refractivity contribution in [1.82, 2.24) is 5.43 Å². The predicted molar refractivity (Wildman–Crippen MR) is 66.8 cm³/mol. The van der Waals surface area contributed by atoms with Gasteiger partial charge in [-0.2, -0.15) is 0 Å². The standard InChI is InChI=1S/C12H14BrFN2/c1-2-3-4-5-12(16-15)10-8-9(13)6-7-11(10)14/h1,6-8,12,16H,3-5,15H2. The van der Waals surface area contributed by atoms with Crippen LogP contribution in [-0.2, 0) is 0 Å². The average molecular weight is 285 g/mol. The van der Waals surface area contributed by atoms with E-state index in [0.29, 0.717) is 18.4 Å². The molecule has 0 radical (unpaired) electrons. The molecule has 3 N–H and O–H groups in total. The molecule has 86 valence electrons. The van der Waals surface area contributed by atoms with E-state index in [1.54, 1.807) is 12.1 Å². The Morgan fingerprint density at radius 1 is 1.56 bits per heavy atom. The molecule has 0 aliphatic rings. The van der Waals surface area contributed by atoms with Gasteiger partial charge in [-0.25, -0.2) is 4.39 Å². The first kappa shape index (κ1) is 13.2. The molecule has 0 saturated carbocycles. The smallest absolute Gasteiger partial charge is 0.128 e. The molecule has 1 atom stereocenters. The highest BCUT2D eigenvalue weighted by atomic mass is 79.9. The Morgan fingerprint density at radius 2 is 2.31 bits per heavy atom. The van der Waals surface area contributed by atoms with Crippen LogP contribution in [0.25, 0.3) is 0 Å². The molecule has 0 bridgehead atoms. The summed E-state index contributed by atoms with van der Waals surface area (Å²) in [6, 6.07) is 4.61. The quantitative estimate of drug-likeness (QED) is 0.378. The third-order valence-corrected chi connectivity index (χ3v) is 2.84. The molecule has 1 aromatic carbocycles. The van der Waals surface area contributed by atoms with Crippen LogP contribution in [0.2, 0.25) is 0 Å². The predicted octanol–water partition coefficient (Wildman–Crippen LogP) is 2.90. The van der Waals surface area contributed by atoms with Crippen molar-refractivity contribution in [3.63, 3.8) is 0 Å². The maximum atomic E-state index is 13.6. The summed E-state index contributed by atoms with van der Waals surface area (Å²) in [4.78, 5) is 0. The molecule has 0 aromatic heterocycles. The van der Waals surface area contributed by atoms with E-state index in [1.165, 1.54) is 6.07 Å². The maximum Gasteiger partial charge on any atom is 0.128 e. The first-order valence-electron chi connectivity index (χ1n) is 5.03. The van der Waals surface area contributed by atoms with E-state index in [0.717, 1.165) is 10.9 Å². The SMILES string of the molecule is C#CCCCC(NN)c1cc(Br)ccc1F. The molecule has 4 heteroatoms. The number of hydrogen-bond donors (Lipinski definition) is 2. The molecule has 0 amide bonds. The lowest BCUT2D eigenvalue weighted by Gasteiger charge is -2.16. The molecule has 2 nitrogen and oxygen atoms in total. The summed E-state index contributed by atoms with van der Waals surface area (Å²) in [5.74, 6) is 7.72. The molecular weight excluding hydrogens is 271 g/mol. The third kappa shape index (κ3) is 3.60. The zero-order valence-electron chi connectivity index (χ0n) is 8.84. The van der Waals surface area contributed by atoms with Crippen LogP contribution in [0.3, 0.4) is 0 Å². The van der Waals surface area contributed by atoms with E-state index in [-0.39, 0.29) is 11.9 Å². The van der Waals surface area contributed by atoms with Gasteiger partial charge in [0.05, 0.1) is 0 Å². The molecule has 16 heavy (non-hydrogen) atoms. The van der Waals surface area contributed by atoms with Gasteiger partial charge in [0, 0.05) is 22.5 Å². The lowest BCUT2D eigenvalue weighted by Crippen LogP contribution is -2.28. The van der Waals surface area contributed by atoms with Gasteiger partial charge in [-0.15, -0.1) is 12.3 Å². The van der Waals surface area contributed by atoms with Crippen LogP contribution in [-0.4, -0.2) is 0 Å². The fraction of sp³-hybridized carbons (Fsp3) is 0.333. The average Bonchev–Trinajstić information content (AvgIpc) is 2.28. The van der Waals surface area contributed by atoms with Crippen molar-refractivity contribution in [2.75, 3.05) is 0 Å². The molecule has 0 heterocycles. The summed E-state index contributed by atoms with van der Waals surface area (Å²) < 4.78 is 14.4. The van der Waals surface area contributed by atoms with Gasteiger partial charge in [0.1, 0.15) is 5.82 Å². The van der Waals surface area contributed by atoms with Crippen LogP contribution in [0.5, 0.6) is 0 Å². The monoisotopic (exact) mass is 284 g/mol. The van der Waals surface area contributed by atoms with Gasteiger partial charge in [0.25, 0.3) is 0 Å². The largest absolute Gasteiger partial charge is 0.271 e. The molecule has 0 aliphatic carbocycles. The van der Waals surface area contributed by atoms with E-state index < -0.39 is 0 Å². The van der Waals surface area contributed by atoms with E-state index in [4.69, 9.17) is 12.3 Å². The highest BCUT2D eigenvalue weighted by molar-refractivity contribution is 9.10. The van der Waals surface area contributed by atoms with Gasteiger partial charge >= 0.3 is 0 Å². The van der Waals surface area contributed by atoms with Crippen molar-refractivity contribution >= 4 is 15.9 Å². The highest BCUT2D eigenvalue weighted by Gasteiger charge is 2.14. The molecule has 0 fully saturated rings. The second kappa shape index (κ2) is 6.64. The van der Waals surface area contributed by atoms with Crippen LogP contribution >= 0.6 is 15.9 Å². The second-order valence-corrected chi connectivity index (χ2v) is 4.40. The number of unbranched alkanes of at least 4 members (excludes halogenated alkanes) is 1. The van der Waals surface area contributed by atoms with Crippen LogP contribution in [0.4, 0.5) is 4.39 Å². The van der Waals surface area contributed by atoms with Crippen molar-refractivity contribution < 1.29 is 4.39 Å². The van der Waals surface area contributed by atoms with Crippen LogP contribution in [0.1, 0.15) is 30.9 Å². The number of rotatable bonds is 5. The molecular formula is C12H14BrFN2.